The summed E-state index contributed by atoms with van der Waals surface area (Å²) in [6, 6.07) is 7.45. The van der Waals surface area contributed by atoms with Crippen LogP contribution in [0, 0.1) is 19.8 Å². The average molecular weight is 260 g/mol. The third-order valence-corrected chi connectivity index (χ3v) is 4.69. The maximum Gasteiger partial charge on any atom is 0.0388 e. The first-order chi connectivity index (χ1) is 9.17. The Balaban J connectivity index is 2.36. The van der Waals surface area contributed by atoms with Crippen molar-refractivity contribution in [3.63, 3.8) is 0 Å². The van der Waals surface area contributed by atoms with Gasteiger partial charge in [-0.2, -0.15) is 0 Å². The van der Waals surface area contributed by atoms with Crippen LogP contribution in [0.3, 0.4) is 0 Å². The van der Waals surface area contributed by atoms with Crippen LogP contribution >= 0.6 is 0 Å². The molecule has 0 bridgehead atoms. The van der Waals surface area contributed by atoms with Crippen LogP contribution in [0.25, 0.3) is 0 Å². The van der Waals surface area contributed by atoms with Crippen LogP contribution in [0.1, 0.15) is 48.9 Å². The van der Waals surface area contributed by atoms with Gasteiger partial charge in [-0.25, -0.2) is 0 Å². The molecule has 0 saturated carbocycles. The molecule has 0 radical (unpaired) electrons. The zero-order valence-corrected chi connectivity index (χ0v) is 12.7. The maximum absolute atomic E-state index is 6.06. The molecule has 2 nitrogen and oxygen atoms in total. The smallest absolute Gasteiger partial charge is 0.0388 e. The van der Waals surface area contributed by atoms with E-state index in [-0.39, 0.29) is 0 Å². The van der Waals surface area contributed by atoms with Crippen LogP contribution < -0.4 is 5.73 Å². The van der Waals surface area contributed by atoms with Gasteiger partial charge < -0.3 is 5.73 Å². The van der Waals surface area contributed by atoms with Crippen LogP contribution in [0.15, 0.2) is 18.2 Å². The third kappa shape index (κ3) is 3.18. The minimum Gasteiger partial charge on any atom is -0.330 e. The van der Waals surface area contributed by atoms with Gasteiger partial charge in [0.25, 0.3) is 0 Å². The van der Waals surface area contributed by atoms with Gasteiger partial charge in [0.1, 0.15) is 0 Å². The van der Waals surface area contributed by atoms with Gasteiger partial charge in [-0.15, -0.1) is 0 Å². The fraction of sp³-hybridized carbons (Fsp3) is 0.647. The molecule has 1 aromatic rings. The van der Waals surface area contributed by atoms with E-state index in [4.69, 9.17) is 5.73 Å². The fourth-order valence-electron chi connectivity index (χ4n) is 3.35. The van der Waals surface area contributed by atoms with Gasteiger partial charge in [0, 0.05) is 6.04 Å². The highest BCUT2D eigenvalue weighted by Crippen LogP contribution is 2.35. The van der Waals surface area contributed by atoms with Gasteiger partial charge in [-0.05, 0) is 68.9 Å². The SMILES string of the molecule is CCN1CCCCC(CN)C1c1ccc(C)c(C)c1. The lowest BCUT2D eigenvalue weighted by Gasteiger charge is -2.34. The maximum atomic E-state index is 6.06. The lowest BCUT2D eigenvalue weighted by molar-refractivity contribution is 0.166. The van der Waals surface area contributed by atoms with Crippen LogP contribution in [0.2, 0.25) is 0 Å². The van der Waals surface area contributed by atoms with Crippen molar-refractivity contribution >= 4 is 0 Å². The molecule has 2 unspecified atom stereocenters. The first-order valence-electron chi connectivity index (χ1n) is 7.68. The van der Waals surface area contributed by atoms with E-state index in [1.54, 1.807) is 0 Å². The van der Waals surface area contributed by atoms with Crippen molar-refractivity contribution in [1.29, 1.82) is 0 Å². The Bertz CT molecular complexity index is 400. The highest BCUT2D eigenvalue weighted by Gasteiger charge is 2.29. The van der Waals surface area contributed by atoms with Gasteiger partial charge >= 0.3 is 0 Å². The van der Waals surface area contributed by atoms with Crippen molar-refractivity contribution in [3.8, 4) is 0 Å². The molecule has 0 spiro atoms. The third-order valence-electron chi connectivity index (χ3n) is 4.69. The van der Waals surface area contributed by atoms with E-state index in [2.05, 4.69) is 43.9 Å². The Hall–Kier alpha value is -0.860. The van der Waals surface area contributed by atoms with Crippen molar-refractivity contribution < 1.29 is 0 Å². The summed E-state index contributed by atoms with van der Waals surface area (Å²) < 4.78 is 0. The van der Waals surface area contributed by atoms with Crippen molar-refractivity contribution in [2.45, 2.75) is 46.1 Å². The summed E-state index contributed by atoms with van der Waals surface area (Å²) in [5.74, 6) is 0.601. The summed E-state index contributed by atoms with van der Waals surface area (Å²) in [5, 5.41) is 0. The molecule has 2 atom stereocenters. The van der Waals surface area contributed by atoms with Gasteiger partial charge in [0.05, 0.1) is 0 Å². The average Bonchev–Trinajstić information content (AvgIpc) is 2.63. The topological polar surface area (TPSA) is 29.3 Å². The van der Waals surface area contributed by atoms with Crippen molar-refractivity contribution in [1.82, 2.24) is 4.90 Å². The minimum atomic E-state index is 0.511. The molecule has 1 saturated heterocycles. The van der Waals surface area contributed by atoms with E-state index >= 15 is 0 Å². The molecule has 1 aliphatic heterocycles. The van der Waals surface area contributed by atoms with E-state index in [0.29, 0.717) is 12.0 Å². The predicted octanol–water partition coefficient (Wildman–Crippen LogP) is 3.43. The Morgan fingerprint density at radius 2 is 2.00 bits per heavy atom. The van der Waals surface area contributed by atoms with Crippen LogP contribution in [0.5, 0.6) is 0 Å². The second-order valence-corrected chi connectivity index (χ2v) is 5.91. The van der Waals surface area contributed by atoms with Crippen molar-refractivity contribution in [2.75, 3.05) is 19.6 Å². The van der Waals surface area contributed by atoms with Crippen LogP contribution in [0.4, 0.5) is 0 Å². The molecule has 1 fully saturated rings. The zero-order chi connectivity index (χ0) is 13.8. The second kappa shape index (κ2) is 6.53. The lowest BCUT2D eigenvalue weighted by Crippen LogP contribution is -2.35. The standard InChI is InChI=1S/C17H28N2/c1-4-19-10-6-5-7-16(12-18)17(19)15-9-8-13(2)14(3)11-15/h8-9,11,16-17H,4-7,10,12,18H2,1-3H3. The highest BCUT2D eigenvalue weighted by molar-refractivity contribution is 5.32. The molecule has 2 rings (SSSR count). The van der Waals surface area contributed by atoms with Crippen molar-refractivity contribution in [2.24, 2.45) is 11.7 Å². The van der Waals surface area contributed by atoms with Crippen molar-refractivity contribution in [3.05, 3.63) is 34.9 Å². The second-order valence-electron chi connectivity index (χ2n) is 5.91. The number of hydrogen-bond acceptors (Lipinski definition) is 2. The van der Waals surface area contributed by atoms with E-state index in [0.717, 1.165) is 13.1 Å². The zero-order valence-electron chi connectivity index (χ0n) is 12.7. The first kappa shape index (κ1) is 14.5. The van der Waals surface area contributed by atoms with E-state index < -0.39 is 0 Å². The fourth-order valence-corrected chi connectivity index (χ4v) is 3.35. The monoisotopic (exact) mass is 260 g/mol. The summed E-state index contributed by atoms with van der Waals surface area (Å²) in [5.41, 5.74) is 10.3. The number of benzene rings is 1. The van der Waals surface area contributed by atoms with Gasteiger partial charge in [0.15, 0.2) is 0 Å². The van der Waals surface area contributed by atoms with Gasteiger partial charge in [-0.3, -0.25) is 4.90 Å². The van der Waals surface area contributed by atoms with Crippen LogP contribution in [-0.4, -0.2) is 24.5 Å². The Morgan fingerprint density at radius 3 is 2.63 bits per heavy atom. The molecule has 1 heterocycles. The predicted molar refractivity (Wildman–Crippen MR) is 82.3 cm³/mol. The summed E-state index contributed by atoms with van der Waals surface area (Å²) in [4.78, 5) is 2.62. The Labute approximate surface area is 118 Å². The molecule has 2 N–H and O–H groups in total. The van der Waals surface area contributed by atoms with E-state index in [1.807, 2.05) is 0 Å². The van der Waals surface area contributed by atoms with E-state index in [1.165, 1.54) is 42.5 Å². The summed E-state index contributed by atoms with van der Waals surface area (Å²) in [6.45, 7) is 9.80. The molecule has 106 valence electrons. The highest BCUT2D eigenvalue weighted by atomic mass is 15.2. The van der Waals surface area contributed by atoms with E-state index in [9.17, 15) is 0 Å². The number of aryl methyl sites for hydroxylation is 2. The summed E-state index contributed by atoms with van der Waals surface area (Å²) >= 11 is 0. The number of nitrogens with zero attached hydrogens (tertiary/aromatic N) is 1. The number of nitrogens with two attached hydrogens (primary N) is 1. The Morgan fingerprint density at radius 1 is 1.21 bits per heavy atom. The molecule has 1 aromatic carbocycles. The summed E-state index contributed by atoms with van der Waals surface area (Å²) in [6.07, 6.45) is 3.90. The molecule has 0 aliphatic carbocycles. The minimum absolute atomic E-state index is 0.511. The number of hydrogen-bond donors (Lipinski definition) is 1. The van der Waals surface area contributed by atoms with Crippen LogP contribution in [-0.2, 0) is 0 Å². The first-order valence-corrected chi connectivity index (χ1v) is 7.68. The Kier molecular flexibility index (Phi) is 5.00. The largest absolute Gasteiger partial charge is 0.330 e. The molecule has 19 heavy (non-hydrogen) atoms. The quantitative estimate of drug-likeness (QED) is 0.902. The molecular formula is C17H28N2. The molecular weight excluding hydrogens is 232 g/mol. The lowest BCUT2D eigenvalue weighted by atomic mass is 9.88. The molecule has 0 amide bonds. The number of likely N-dealkylation sites (tertiary alicyclic amines) is 1. The number of rotatable bonds is 3. The summed E-state index contributed by atoms with van der Waals surface area (Å²) in [7, 11) is 0. The molecule has 1 aliphatic rings. The van der Waals surface area contributed by atoms with Gasteiger partial charge in [0.2, 0.25) is 0 Å². The normalized spacial score (nSPS) is 25.3. The molecule has 2 heteroatoms. The molecule has 0 aromatic heterocycles. The van der Waals surface area contributed by atoms with Gasteiger partial charge in [-0.1, -0.05) is 31.5 Å².